The third kappa shape index (κ3) is 7.01. The first-order valence-corrected chi connectivity index (χ1v) is 10.7. The molecule has 3 aromatic rings. The molecule has 0 bridgehead atoms. The number of carbonyl (C=O) groups excluding carboxylic acids is 2. The Hall–Kier alpha value is -3.04. The number of amides is 2. The number of carbonyl (C=O) groups is 2. The monoisotopic (exact) mass is 460 g/mol. The number of benzene rings is 2. The number of halogens is 1. The van der Waals surface area contributed by atoms with Crippen LogP contribution >= 0.6 is 23.4 Å². The topological polar surface area (TPSA) is 97.6 Å². The average Bonchev–Trinajstić information content (AvgIpc) is 3.21. The Morgan fingerprint density at radius 1 is 1.16 bits per heavy atom. The fourth-order valence-corrected chi connectivity index (χ4v) is 3.33. The van der Waals surface area contributed by atoms with Gasteiger partial charge >= 0.3 is 0 Å². The van der Waals surface area contributed by atoms with Crippen LogP contribution in [0.3, 0.4) is 0 Å². The number of anilines is 1. The van der Waals surface area contributed by atoms with Gasteiger partial charge < -0.3 is 19.4 Å². The Kier molecular flexibility index (Phi) is 7.91. The van der Waals surface area contributed by atoms with Gasteiger partial charge in [-0.25, -0.2) is 0 Å². The summed E-state index contributed by atoms with van der Waals surface area (Å²) in [5.41, 5.74) is 1.63. The van der Waals surface area contributed by atoms with E-state index in [2.05, 4.69) is 15.5 Å². The maximum atomic E-state index is 12.3. The van der Waals surface area contributed by atoms with Crippen molar-refractivity contribution < 1.29 is 18.7 Å². The van der Waals surface area contributed by atoms with Crippen molar-refractivity contribution >= 4 is 40.9 Å². The molecule has 8 nitrogen and oxygen atoms in total. The van der Waals surface area contributed by atoms with Crippen LogP contribution in [0.5, 0.6) is 5.75 Å². The minimum absolute atomic E-state index is 0.0519. The maximum Gasteiger partial charge on any atom is 0.277 e. The fraction of sp³-hybridized carbons (Fsp3) is 0.238. The van der Waals surface area contributed by atoms with E-state index in [0.717, 1.165) is 17.3 Å². The third-order valence-electron chi connectivity index (χ3n) is 4.11. The van der Waals surface area contributed by atoms with Gasteiger partial charge in [-0.2, -0.15) is 0 Å². The van der Waals surface area contributed by atoms with E-state index in [-0.39, 0.29) is 35.9 Å². The second kappa shape index (κ2) is 10.8. The molecule has 1 aromatic heterocycles. The number of ether oxygens (including phenoxy) is 1. The van der Waals surface area contributed by atoms with Crippen molar-refractivity contribution in [2.45, 2.75) is 18.8 Å². The number of likely N-dealkylation sites (N-methyl/N-ethyl adjacent to an activating group) is 1. The van der Waals surface area contributed by atoms with Crippen molar-refractivity contribution in [2.24, 2.45) is 0 Å². The number of rotatable bonds is 9. The van der Waals surface area contributed by atoms with E-state index >= 15 is 0 Å². The normalized spacial score (nSPS) is 10.5. The first-order chi connectivity index (χ1) is 14.9. The highest BCUT2D eigenvalue weighted by atomic mass is 35.5. The number of nitrogens with zero attached hydrogens (tertiary/aromatic N) is 3. The zero-order valence-corrected chi connectivity index (χ0v) is 18.6. The maximum absolute atomic E-state index is 12.3. The summed E-state index contributed by atoms with van der Waals surface area (Å²) >= 11 is 7.11. The van der Waals surface area contributed by atoms with Crippen LogP contribution in [0.25, 0.3) is 0 Å². The predicted molar refractivity (Wildman–Crippen MR) is 118 cm³/mol. The van der Waals surface area contributed by atoms with Crippen LogP contribution in [0, 0.1) is 6.92 Å². The van der Waals surface area contributed by atoms with E-state index < -0.39 is 0 Å². The lowest BCUT2D eigenvalue weighted by atomic mass is 10.2. The number of aromatic nitrogens is 2. The Labute approximate surface area is 188 Å². The lowest BCUT2D eigenvalue weighted by Crippen LogP contribution is -2.36. The van der Waals surface area contributed by atoms with Gasteiger partial charge in [0.15, 0.2) is 6.61 Å². The molecule has 3 rings (SSSR count). The summed E-state index contributed by atoms with van der Waals surface area (Å²) in [7, 11) is 1.55. The van der Waals surface area contributed by atoms with Gasteiger partial charge in [0, 0.05) is 7.05 Å². The third-order valence-corrected chi connectivity index (χ3v) is 5.24. The molecule has 0 saturated heterocycles. The summed E-state index contributed by atoms with van der Waals surface area (Å²) in [6.45, 7) is 2.02. The number of para-hydroxylation sites is 1. The van der Waals surface area contributed by atoms with Crippen LogP contribution in [0.1, 0.15) is 11.5 Å². The molecular weight excluding hydrogens is 440 g/mol. The Bertz CT molecular complexity index is 1040. The quantitative estimate of drug-likeness (QED) is 0.485. The van der Waals surface area contributed by atoms with Gasteiger partial charge in [-0.3, -0.25) is 9.59 Å². The summed E-state index contributed by atoms with van der Waals surface area (Å²) in [6.07, 6.45) is 0. The lowest BCUT2D eigenvalue weighted by molar-refractivity contribution is -0.131. The summed E-state index contributed by atoms with van der Waals surface area (Å²) in [5, 5.41) is 11.2. The highest BCUT2D eigenvalue weighted by Crippen LogP contribution is 2.21. The van der Waals surface area contributed by atoms with Crippen molar-refractivity contribution in [1.29, 1.82) is 0 Å². The lowest BCUT2D eigenvalue weighted by Gasteiger charge is -2.16. The molecule has 0 spiro atoms. The van der Waals surface area contributed by atoms with Crippen molar-refractivity contribution in [3.63, 3.8) is 0 Å². The van der Waals surface area contributed by atoms with Gasteiger partial charge in [0.2, 0.25) is 11.8 Å². The molecule has 2 aromatic carbocycles. The number of nitrogens with one attached hydrogen (secondary N) is 1. The molecule has 0 fully saturated rings. The number of aryl methyl sites for hydroxylation is 1. The van der Waals surface area contributed by atoms with Crippen LogP contribution in [0.15, 0.2) is 58.2 Å². The highest BCUT2D eigenvalue weighted by Gasteiger charge is 2.16. The number of hydrogen-bond donors (Lipinski definition) is 1. The smallest absolute Gasteiger partial charge is 0.277 e. The molecule has 0 aliphatic heterocycles. The van der Waals surface area contributed by atoms with Crippen molar-refractivity contribution in [1.82, 2.24) is 15.1 Å². The molecule has 0 aliphatic rings. The summed E-state index contributed by atoms with van der Waals surface area (Å²) in [4.78, 5) is 25.8. The highest BCUT2D eigenvalue weighted by molar-refractivity contribution is 7.99. The molecule has 0 radical (unpaired) electrons. The van der Waals surface area contributed by atoms with Crippen molar-refractivity contribution in [3.05, 3.63) is 65.0 Å². The molecule has 0 atom stereocenters. The molecule has 2 amide bonds. The Morgan fingerprint density at radius 2 is 1.90 bits per heavy atom. The van der Waals surface area contributed by atoms with Gasteiger partial charge in [-0.15, -0.1) is 10.2 Å². The van der Waals surface area contributed by atoms with E-state index in [4.69, 9.17) is 20.8 Å². The van der Waals surface area contributed by atoms with Crippen LogP contribution < -0.4 is 10.1 Å². The first kappa shape index (κ1) is 22.6. The van der Waals surface area contributed by atoms with Crippen LogP contribution in [0.4, 0.5) is 5.69 Å². The summed E-state index contributed by atoms with van der Waals surface area (Å²) in [5.74, 6) is 0.459. The largest absolute Gasteiger partial charge is 0.484 e. The van der Waals surface area contributed by atoms with E-state index in [1.807, 2.05) is 31.2 Å². The molecular formula is C21H21ClN4O4S. The zero-order chi connectivity index (χ0) is 22.2. The van der Waals surface area contributed by atoms with Gasteiger partial charge in [0.25, 0.3) is 11.1 Å². The molecule has 1 N–H and O–H groups in total. The van der Waals surface area contributed by atoms with Gasteiger partial charge in [0.05, 0.1) is 23.0 Å². The zero-order valence-electron chi connectivity index (χ0n) is 17.0. The van der Waals surface area contributed by atoms with Gasteiger partial charge in [0.1, 0.15) is 5.75 Å². The Morgan fingerprint density at radius 3 is 2.65 bits per heavy atom. The minimum atomic E-state index is -0.345. The van der Waals surface area contributed by atoms with Gasteiger partial charge in [-0.05, 0) is 31.2 Å². The second-order valence-electron chi connectivity index (χ2n) is 6.63. The number of thioether (sulfide) groups is 1. The SMILES string of the molecule is Cc1ccc(OCc2nnc(SCC(=O)N(C)CC(=O)Nc3ccccc3Cl)o2)cc1. The van der Waals surface area contributed by atoms with E-state index in [9.17, 15) is 9.59 Å². The molecule has 0 unspecified atom stereocenters. The average molecular weight is 461 g/mol. The van der Waals surface area contributed by atoms with Crippen LogP contribution in [0.2, 0.25) is 5.02 Å². The van der Waals surface area contributed by atoms with Gasteiger partial charge in [-0.1, -0.05) is 53.2 Å². The minimum Gasteiger partial charge on any atom is -0.484 e. The molecule has 31 heavy (non-hydrogen) atoms. The molecule has 10 heteroatoms. The molecule has 0 saturated carbocycles. The fourth-order valence-electron chi connectivity index (χ4n) is 2.42. The Balaban J connectivity index is 1.42. The standard InChI is InChI=1S/C21H21ClN4O4S/c1-14-7-9-15(10-8-14)29-12-19-24-25-21(30-19)31-13-20(28)26(2)11-18(27)23-17-6-4-3-5-16(17)22/h3-10H,11-13H2,1-2H3,(H,23,27). The molecule has 162 valence electrons. The predicted octanol–water partition coefficient (Wildman–Crippen LogP) is 3.80. The molecule has 1 heterocycles. The number of hydrogen-bond acceptors (Lipinski definition) is 7. The van der Waals surface area contributed by atoms with Crippen LogP contribution in [-0.4, -0.2) is 46.3 Å². The van der Waals surface area contributed by atoms with Crippen molar-refractivity contribution in [3.8, 4) is 5.75 Å². The van der Waals surface area contributed by atoms with Crippen molar-refractivity contribution in [2.75, 3.05) is 24.7 Å². The summed E-state index contributed by atoms with van der Waals surface area (Å²) < 4.78 is 11.1. The summed E-state index contributed by atoms with van der Waals surface area (Å²) in [6, 6.07) is 14.5. The van der Waals surface area contributed by atoms with E-state index in [0.29, 0.717) is 22.4 Å². The van der Waals surface area contributed by atoms with E-state index in [1.54, 1.807) is 31.3 Å². The van der Waals surface area contributed by atoms with Crippen LogP contribution in [-0.2, 0) is 16.2 Å². The second-order valence-corrected chi connectivity index (χ2v) is 7.96. The first-order valence-electron chi connectivity index (χ1n) is 9.33. The molecule has 0 aliphatic carbocycles. The van der Waals surface area contributed by atoms with E-state index in [1.165, 1.54) is 4.90 Å².